The Morgan fingerprint density at radius 1 is 1.08 bits per heavy atom. The number of hydrogen-bond donors (Lipinski definition) is 2. The third-order valence-corrected chi connectivity index (χ3v) is 7.10. The van der Waals surface area contributed by atoms with Crippen LogP contribution < -0.4 is 10.2 Å². The fourth-order valence-corrected chi connectivity index (χ4v) is 4.95. The van der Waals surface area contributed by atoms with E-state index in [1.807, 2.05) is 6.92 Å². The van der Waals surface area contributed by atoms with Gasteiger partial charge in [0.05, 0.1) is 19.7 Å². The topological polar surface area (TPSA) is 128 Å². The Hall–Kier alpha value is -3.22. The minimum Gasteiger partial charge on any atom is -0.465 e. The number of nitrogens with one attached hydrogen (secondary N) is 2. The molecule has 3 fully saturated rings. The molecule has 12 nitrogen and oxygen atoms in total. The highest BCUT2D eigenvalue weighted by Crippen LogP contribution is 2.23. The third kappa shape index (κ3) is 7.42. The van der Waals surface area contributed by atoms with Gasteiger partial charge in [-0.1, -0.05) is 6.42 Å². The van der Waals surface area contributed by atoms with Crippen molar-refractivity contribution in [3.8, 4) is 0 Å². The SMILES string of the molecule is CCOC(=O)CN1CCN(CC2CN(c3ccc(C(=N)NC(=O)ON4CCCCC4C)cc3)C(=O)O2)CC1. The molecule has 1 aromatic rings. The fourth-order valence-electron chi connectivity index (χ4n) is 4.95. The van der Waals surface area contributed by atoms with Gasteiger partial charge in [0.15, 0.2) is 0 Å². The van der Waals surface area contributed by atoms with Crippen LogP contribution in [0.1, 0.15) is 38.7 Å². The maximum absolute atomic E-state index is 12.5. The molecule has 0 aromatic heterocycles. The first-order valence-corrected chi connectivity index (χ1v) is 13.4. The number of ether oxygens (including phenoxy) is 2. The maximum atomic E-state index is 12.5. The predicted octanol–water partition coefficient (Wildman–Crippen LogP) is 2.03. The van der Waals surface area contributed by atoms with Gasteiger partial charge in [0.25, 0.3) is 0 Å². The van der Waals surface area contributed by atoms with E-state index in [9.17, 15) is 14.4 Å². The van der Waals surface area contributed by atoms with E-state index in [0.717, 1.165) is 45.4 Å². The number of anilines is 1. The van der Waals surface area contributed by atoms with Gasteiger partial charge in [-0.25, -0.2) is 9.59 Å². The number of hydrogen-bond acceptors (Lipinski definition) is 10. The smallest absolute Gasteiger partial charge is 0.431 e. The largest absolute Gasteiger partial charge is 0.465 e. The Balaban J connectivity index is 1.22. The van der Waals surface area contributed by atoms with Crippen LogP contribution in [0.25, 0.3) is 0 Å². The van der Waals surface area contributed by atoms with Crippen molar-refractivity contribution in [3.63, 3.8) is 0 Å². The van der Waals surface area contributed by atoms with Gasteiger partial charge in [0.1, 0.15) is 11.9 Å². The molecule has 3 aliphatic rings. The Morgan fingerprint density at radius 2 is 1.79 bits per heavy atom. The van der Waals surface area contributed by atoms with Crippen molar-refractivity contribution in [1.82, 2.24) is 20.2 Å². The first-order valence-electron chi connectivity index (χ1n) is 13.4. The summed E-state index contributed by atoms with van der Waals surface area (Å²) in [6.07, 6.45) is 1.72. The molecule has 1 aromatic carbocycles. The molecule has 12 heteroatoms. The first kappa shape index (κ1) is 27.8. The lowest BCUT2D eigenvalue weighted by Gasteiger charge is -2.34. The summed E-state index contributed by atoms with van der Waals surface area (Å²) in [5.41, 5.74) is 1.17. The molecule has 0 bridgehead atoms. The number of benzene rings is 1. The van der Waals surface area contributed by atoms with Crippen LogP contribution in [0.4, 0.5) is 15.3 Å². The lowest BCUT2D eigenvalue weighted by Crippen LogP contribution is -2.50. The zero-order valence-corrected chi connectivity index (χ0v) is 22.2. The second-order valence-electron chi connectivity index (χ2n) is 9.91. The highest BCUT2D eigenvalue weighted by Gasteiger charge is 2.34. The summed E-state index contributed by atoms with van der Waals surface area (Å²) in [5, 5.41) is 12.4. The zero-order chi connectivity index (χ0) is 27.1. The second-order valence-corrected chi connectivity index (χ2v) is 9.91. The fraction of sp³-hybridized carbons (Fsp3) is 0.615. The number of nitrogens with zero attached hydrogens (tertiary/aromatic N) is 4. The molecular weight excluding hydrogens is 492 g/mol. The van der Waals surface area contributed by atoms with E-state index in [1.54, 1.807) is 41.2 Å². The van der Waals surface area contributed by atoms with E-state index in [2.05, 4.69) is 15.1 Å². The van der Waals surface area contributed by atoms with Crippen LogP contribution in [0.2, 0.25) is 0 Å². The summed E-state index contributed by atoms with van der Waals surface area (Å²) in [6.45, 7) is 9.34. The van der Waals surface area contributed by atoms with Crippen LogP contribution >= 0.6 is 0 Å². The van der Waals surface area contributed by atoms with Crippen molar-refractivity contribution < 1.29 is 28.7 Å². The summed E-state index contributed by atoms with van der Waals surface area (Å²) in [6, 6.07) is 7.01. The lowest BCUT2D eigenvalue weighted by molar-refractivity contribution is -0.144. The minimum atomic E-state index is -0.680. The van der Waals surface area contributed by atoms with Crippen LogP contribution in [0, 0.1) is 5.41 Å². The Morgan fingerprint density at radius 3 is 2.47 bits per heavy atom. The number of amides is 2. The first-order chi connectivity index (χ1) is 18.3. The number of esters is 1. The molecule has 4 rings (SSSR count). The van der Waals surface area contributed by atoms with Gasteiger partial charge in [0.2, 0.25) is 0 Å². The van der Waals surface area contributed by atoms with E-state index in [1.165, 1.54) is 0 Å². The quantitative estimate of drug-likeness (QED) is 0.295. The molecule has 0 aliphatic carbocycles. The van der Waals surface area contributed by atoms with E-state index in [0.29, 0.717) is 44.0 Å². The van der Waals surface area contributed by atoms with E-state index < -0.39 is 12.2 Å². The average Bonchev–Trinajstić information content (AvgIpc) is 3.26. The molecule has 0 radical (unpaired) electrons. The van der Waals surface area contributed by atoms with Crippen molar-refractivity contribution in [2.75, 3.05) is 63.9 Å². The monoisotopic (exact) mass is 530 g/mol. The van der Waals surface area contributed by atoms with Gasteiger partial charge in [-0.2, -0.15) is 0 Å². The number of carbonyl (C=O) groups is 3. The summed E-state index contributed by atoms with van der Waals surface area (Å²) >= 11 is 0. The van der Waals surface area contributed by atoms with E-state index in [4.69, 9.17) is 19.7 Å². The predicted molar refractivity (Wildman–Crippen MR) is 140 cm³/mol. The van der Waals surface area contributed by atoms with E-state index >= 15 is 0 Å². The summed E-state index contributed by atoms with van der Waals surface area (Å²) in [4.78, 5) is 47.7. The molecule has 3 heterocycles. The van der Waals surface area contributed by atoms with Crippen LogP contribution in [0.15, 0.2) is 24.3 Å². The minimum absolute atomic E-state index is 0.0739. The Bertz CT molecular complexity index is 996. The standard InChI is InChI=1S/C26H38N6O6/c1-3-36-23(33)18-30-14-12-29(13-15-30)16-22-17-31(26(35)37-22)21-9-7-20(8-10-21)24(27)28-25(34)38-32-11-5-4-6-19(32)2/h7-10,19,22H,3-6,11-18H2,1-2H3,(H2,27,28,34). The highest BCUT2D eigenvalue weighted by atomic mass is 16.7. The molecule has 0 spiro atoms. The van der Waals surface area contributed by atoms with E-state index in [-0.39, 0.29) is 24.0 Å². The number of hydroxylamine groups is 2. The molecule has 0 saturated carbocycles. The molecule has 2 unspecified atom stereocenters. The normalized spacial score (nSPS) is 23.1. The number of amidine groups is 1. The van der Waals surface area contributed by atoms with Gasteiger partial charge in [-0.05, 0) is 51.0 Å². The van der Waals surface area contributed by atoms with Gasteiger partial charge in [-0.15, -0.1) is 5.06 Å². The molecule has 2 atom stereocenters. The van der Waals surface area contributed by atoms with Crippen molar-refractivity contribution in [1.29, 1.82) is 5.41 Å². The van der Waals surface area contributed by atoms with Crippen LogP contribution in [0.5, 0.6) is 0 Å². The third-order valence-electron chi connectivity index (χ3n) is 7.10. The summed E-state index contributed by atoms with van der Waals surface area (Å²) in [7, 11) is 0. The maximum Gasteiger partial charge on any atom is 0.431 e. The number of cyclic esters (lactones) is 1. The van der Waals surface area contributed by atoms with Gasteiger partial charge in [-0.3, -0.25) is 30.2 Å². The second kappa shape index (κ2) is 13.0. The molecular formula is C26H38N6O6. The average molecular weight is 531 g/mol. The molecule has 3 saturated heterocycles. The summed E-state index contributed by atoms with van der Waals surface area (Å²) in [5.74, 6) is -0.277. The summed E-state index contributed by atoms with van der Waals surface area (Å²) < 4.78 is 10.6. The van der Waals surface area contributed by atoms with Gasteiger partial charge in [0, 0.05) is 56.6 Å². The number of piperidine rings is 1. The Kier molecular flexibility index (Phi) is 9.53. The van der Waals surface area contributed by atoms with Crippen molar-refractivity contribution in [2.24, 2.45) is 0 Å². The van der Waals surface area contributed by atoms with Gasteiger partial charge >= 0.3 is 18.2 Å². The van der Waals surface area contributed by atoms with Crippen molar-refractivity contribution in [3.05, 3.63) is 29.8 Å². The Labute approximate surface area is 223 Å². The van der Waals surface area contributed by atoms with Gasteiger partial charge < -0.3 is 14.3 Å². The zero-order valence-electron chi connectivity index (χ0n) is 22.2. The van der Waals surface area contributed by atoms with Crippen LogP contribution in [0.3, 0.4) is 0 Å². The molecule has 208 valence electrons. The highest BCUT2D eigenvalue weighted by molar-refractivity contribution is 6.04. The van der Waals surface area contributed by atoms with Crippen molar-refractivity contribution in [2.45, 2.75) is 45.3 Å². The number of carbonyl (C=O) groups excluding carboxylic acids is 3. The van der Waals surface area contributed by atoms with Crippen LogP contribution in [-0.2, 0) is 19.1 Å². The number of rotatable bonds is 8. The molecule has 3 aliphatic heterocycles. The number of piperazine rings is 1. The lowest BCUT2D eigenvalue weighted by atomic mass is 10.1. The molecule has 38 heavy (non-hydrogen) atoms. The van der Waals surface area contributed by atoms with Crippen LogP contribution in [-0.4, -0.2) is 110 Å². The molecule has 2 amide bonds. The molecule has 2 N–H and O–H groups in total. The van der Waals surface area contributed by atoms with Crippen molar-refractivity contribution >= 4 is 29.7 Å².